The van der Waals surface area contributed by atoms with Gasteiger partial charge in [-0.3, -0.25) is 4.79 Å². The van der Waals surface area contributed by atoms with E-state index < -0.39 is 0 Å². The van der Waals surface area contributed by atoms with Crippen LogP contribution >= 0.6 is 34.5 Å². The quantitative estimate of drug-likeness (QED) is 0.588. The Kier molecular flexibility index (Phi) is 7.80. The smallest absolute Gasteiger partial charge is 0.317 e. The number of halogens is 2. The summed E-state index contributed by atoms with van der Waals surface area (Å²) in [5, 5.41) is 5.49. The number of Topliss-reactive ketones (excluding diaryl/α,β-unsaturated/α-hetero) is 1. The Morgan fingerprint density at radius 1 is 1.23 bits per heavy atom. The van der Waals surface area contributed by atoms with Gasteiger partial charge in [0.15, 0.2) is 5.78 Å². The van der Waals surface area contributed by atoms with E-state index in [0.29, 0.717) is 22.6 Å². The second-order valence-corrected chi connectivity index (χ2v) is 9.61. The van der Waals surface area contributed by atoms with Gasteiger partial charge < -0.3 is 15.1 Å². The van der Waals surface area contributed by atoms with Crippen molar-refractivity contribution >= 4 is 46.4 Å². The maximum absolute atomic E-state index is 12.7. The van der Waals surface area contributed by atoms with Crippen molar-refractivity contribution in [1.82, 2.24) is 15.1 Å². The molecule has 0 radical (unpaired) electrons. The monoisotopic (exact) mass is 467 g/mol. The summed E-state index contributed by atoms with van der Waals surface area (Å²) in [7, 11) is 3.93. The number of amides is 2. The largest absolute Gasteiger partial charge is 0.331 e. The average molecular weight is 468 g/mol. The predicted molar refractivity (Wildman–Crippen MR) is 124 cm³/mol. The Balaban J connectivity index is 1.67. The van der Waals surface area contributed by atoms with Gasteiger partial charge in [-0.1, -0.05) is 35.3 Å². The molecule has 0 spiro atoms. The Morgan fingerprint density at radius 2 is 1.93 bits per heavy atom. The van der Waals surface area contributed by atoms with Crippen LogP contribution in [-0.2, 0) is 6.42 Å². The highest BCUT2D eigenvalue weighted by Crippen LogP contribution is 2.34. The Labute approximate surface area is 192 Å². The SMILES string of the molecule is CC(NC(=O)N(C)C1CCN(C)CC1)c1ccc(C(=O)Cc2cccs2)c(Cl)c1Cl. The minimum Gasteiger partial charge on any atom is -0.331 e. The van der Waals surface area contributed by atoms with Gasteiger partial charge in [0, 0.05) is 30.0 Å². The number of carbonyl (C=O) groups excluding carboxylic acids is 2. The molecular weight excluding hydrogens is 441 g/mol. The highest BCUT2D eigenvalue weighted by Gasteiger charge is 2.26. The van der Waals surface area contributed by atoms with Gasteiger partial charge in [-0.25, -0.2) is 4.79 Å². The number of benzene rings is 1. The molecule has 2 amide bonds. The first-order valence-corrected chi connectivity index (χ1v) is 11.7. The van der Waals surface area contributed by atoms with Crippen molar-refractivity contribution in [2.24, 2.45) is 0 Å². The summed E-state index contributed by atoms with van der Waals surface area (Å²) in [5.74, 6) is -0.0745. The molecule has 3 rings (SSSR count). The number of thiophene rings is 1. The van der Waals surface area contributed by atoms with Crippen molar-refractivity contribution in [2.75, 3.05) is 27.2 Å². The van der Waals surface area contributed by atoms with Gasteiger partial charge >= 0.3 is 6.03 Å². The van der Waals surface area contributed by atoms with E-state index in [4.69, 9.17) is 23.2 Å². The van der Waals surface area contributed by atoms with E-state index >= 15 is 0 Å². The normalized spacial score (nSPS) is 16.3. The van der Waals surface area contributed by atoms with Gasteiger partial charge in [-0.05, 0) is 63.0 Å². The lowest BCUT2D eigenvalue weighted by atomic mass is 10.0. The Morgan fingerprint density at radius 3 is 2.57 bits per heavy atom. The summed E-state index contributed by atoms with van der Waals surface area (Å²) in [6.07, 6.45) is 2.21. The molecule has 1 aromatic heterocycles. The zero-order valence-corrected chi connectivity index (χ0v) is 19.8. The van der Waals surface area contributed by atoms with Crippen LogP contribution in [0.1, 0.15) is 46.6 Å². The van der Waals surface area contributed by atoms with Gasteiger partial charge in [0.2, 0.25) is 0 Å². The first kappa shape index (κ1) is 23.1. The molecule has 1 aliphatic rings. The van der Waals surface area contributed by atoms with E-state index in [1.54, 1.807) is 17.0 Å². The first-order chi connectivity index (χ1) is 14.3. The number of ketones is 1. The van der Waals surface area contributed by atoms with Crippen molar-refractivity contribution in [3.63, 3.8) is 0 Å². The molecule has 1 atom stereocenters. The van der Waals surface area contributed by atoms with E-state index in [-0.39, 0.29) is 28.9 Å². The Hall–Kier alpha value is -1.60. The van der Waals surface area contributed by atoms with E-state index in [2.05, 4.69) is 17.3 Å². The minimum absolute atomic E-state index is 0.0745. The number of hydrogen-bond donors (Lipinski definition) is 1. The number of carbonyl (C=O) groups is 2. The maximum Gasteiger partial charge on any atom is 0.317 e. The Bertz CT molecular complexity index is 896. The lowest BCUT2D eigenvalue weighted by Crippen LogP contribution is -2.48. The molecule has 1 fully saturated rings. The van der Waals surface area contributed by atoms with E-state index in [1.807, 2.05) is 31.5 Å². The third kappa shape index (κ3) is 5.35. The van der Waals surface area contributed by atoms with E-state index in [1.165, 1.54) is 11.3 Å². The second-order valence-electron chi connectivity index (χ2n) is 7.83. The molecule has 1 aliphatic heterocycles. The molecule has 162 valence electrons. The fourth-order valence-corrected chi connectivity index (χ4v) is 5.00. The van der Waals surface area contributed by atoms with E-state index in [9.17, 15) is 9.59 Å². The number of piperidine rings is 1. The van der Waals surface area contributed by atoms with Gasteiger partial charge in [-0.2, -0.15) is 0 Å². The summed E-state index contributed by atoms with van der Waals surface area (Å²) in [6.45, 7) is 3.84. The molecule has 0 aliphatic carbocycles. The van der Waals surface area contributed by atoms with Gasteiger partial charge in [0.05, 0.1) is 16.1 Å². The lowest BCUT2D eigenvalue weighted by molar-refractivity contribution is 0.0994. The van der Waals surface area contributed by atoms with Crippen molar-refractivity contribution in [3.05, 3.63) is 55.7 Å². The zero-order valence-electron chi connectivity index (χ0n) is 17.5. The number of hydrogen-bond acceptors (Lipinski definition) is 4. The second kappa shape index (κ2) is 10.1. The molecule has 30 heavy (non-hydrogen) atoms. The molecule has 0 bridgehead atoms. The number of nitrogens with one attached hydrogen (secondary N) is 1. The zero-order chi connectivity index (χ0) is 21.8. The summed E-state index contributed by atoms with van der Waals surface area (Å²) >= 11 is 14.5. The molecule has 8 heteroatoms. The van der Waals surface area contributed by atoms with E-state index in [0.717, 1.165) is 30.8 Å². The molecule has 1 saturated heterocycles. The fourth-order valence-electron chi connectivity index (χ4n) is 3.69. The lowest BCUT2D eigenvalue weighted by Gasteiger charge is -2.35. The van der Waals surface area contributed by atoms with Gasteiger partial charge in [0.1, 0.15) is 0 Å². The predicted octanol–water partition coefficient (Wildman–Crippen LogP) is 5.28. The van der Waals surface area contributed by atoms with Crippen molar-refractivity contribution < 1.29 is 9.59 Å². The average Bonchev–Trinajstić information content (AvgIpc) is 3.22. The maximum atomic E-state index is 12.7. The fraction of sp³-hybridized carbons (Fsp3) is 0.455. The standard InChI is InChI=1S/C22H27Cl2N3O2S/c1-14(25-22(29)27(3)15-8-10-26(2)11-9-15)17-6-7-18(21(24)20(17)23)19(28)13-16-5-4-12-30-16/h4-7,12,14-15H,8-11,13H2,1-3H3,(H,25,29). The van der Waals surface area contributed by atoms with Crippen molar-refractivity contribution in [1.29, 1.82) is 0 Å². The van der Waals surface area contributed by atoms with Crippen LogP contribution in [0.25, 0.3) is 0 Å². The highest BCUT2D eigenvalue weighted by molar-refractivity contribution is 7.10. The topological polar surface area (TPSA) is 52.7 Å². The minimum atomic E-state index is -0.335. The van der Waals surface area contributed by atoms with Crippen molar-refractivity contribution in [2.45, 2.75) is 38.3 Å². The van der Waals surface area contributed by atoms with Crippen LogP contribution < -0.4 is 5.32 Å². The van der Waals surface area contributed by atoms with Crippen LogP contribution in [-0.4, -0.2) is 54.8 Å². The molecular formula is C22H27Cl2N3O2S. The van der Waals surface area contributed by atoms with Crippen molar-refractivity contribution in [3.8, 4) is 0 Å². The molecule has 1 N–H and O–H groups in total. The molecule has 1 unspecified atom stereocenters. The summed E-state index contributed by atoms with van der Waals surface area (Å²) in [4.78, 5) is 30.4. The number of rotatable bonds is 6. The third-order valence-electron chi connectivity index (χ3n) is 5.69. The molecule has 0 saturated carbocycles. The molecule has 2 aromatic rings. The van der Waals surface area contributed by atoms with Crippen LogP contribution in [0.5, 0.6) is 0 Å². The summed E-state index contributed by atoms with van der Waals surface area (Å²) in [6, 6.07) is 7.06. The number of urea groups is 1. The summed E-state index contributed by atoms with van der Waals surface area (Å²) < 4.78 is 0. The first-order valence-electron chi connectivity index (χ1n) is 10.0. The molecule has 1 aromatic carbocycles. The van der Waals surface area contributed by atoms with Crippen LogP contribution in [0.15, 0.2) is 29.6 Å². The number of nitrogens with zero attached hydrogens (tertiary/aromatic N) is 2. The van der Waals surface area contributed by atoms with Crippen LogP contribution in [0, 0.1) is 0 Å². The molecule has 5 nitrogen and oxygen atoms in total. The van der Waals surface area contributed by atoms with Crippen LogP contribution in [0.2, 0.25) is 10.0 Å². The van der Waals surface area contributed by atoms with Gasteiger partial charge in [0.25, 0.3) is 0 Å². The van der Waals surface area contributed by atoms with Crippen LogP contribution in [0.4, 0.5) is 4.79 Å². The number of likely N-dealkylation sites (tertiary alicyclic amines) is 1. The van der Waals surface area contributed by atoms with Gasteiger partial charge in [-0.15, -0.1) is 11.3 Å². The highest BCUT2D eigenvalue weighted by atomic mass is 35.5. The molecule has 2 heterocycles. The van der Waals surface area contributed by atoms with Crippen LogP contribution in [0.3, 0.4) is 0 Å². The third-order valence-corrected chi connectivity index (χ3v) is 7.46. The summed E-state index contributed by atoms with van der Waals surface area (Å²) in [5.41, 5.74) is 1.10.